The van der Waals surface area contributed by atoms with Crippen LogP contribution >= 0.6 is 12.4 Å². The molecule has 0 radical (unpaired) electrons. The highest BCUT2D eigenvalue weighted by Crippen LogP contribution is 2.28. The molecule has 282 valence electrons. The van der Waals surface area contributed by atoms with Crippen LogP contribution in [0.3, 0.4) is 0 Å². The number of halogens is 1. The van der Waals surface area contributed by atoms with Crippen molar-refractivity contribution >= 4 is 18.3 Å². The molecule has 2 unspecified atom stereocenters. The van der Waals surface area contributed by atoms with Crippen molar-refractivity contribution in [3.63, 3.8) is 0 Å². The number of piperidine rings is 2. The highest BCUT2D eigenvalue weighted by atomic mass is 35.5. The van der Waals surface area contributed by atoms with Gasteiger partial charge < -0.3 is 30.3 Å². The first kappa shape index (κ1) is 40.7. The first-order valence-corrected chi connectivity index (χ1v) is 19.6. The molecule has 0 bridgehead atoms. The fraction of sp³-hybridized carbons (Fsp3) is 0.769. The summed E-state index contributed by atoms with van der Waals surface area (Å²) in [5.41, 5.74) is 6.87. The summed E-state index contributed by atoms with van der Waals surface area (Å²) in [6.07, 6.45) is 20.4. The molecule has 4 heterocycles. The van der Waals surface area contributed by atoms with Crippen molar-refractivity contribution in [2.45, 2.75) is 103 Å². The van der Waals surface area contributed by atoms with Crippen LogP contribution < -0.4 is 11.1 Å². The van der Waals surface area contributed by atoms with Gasteiger partial charge in [-0.15, -0.1) is 12.4 Å². The Morgan fingerprint density at radius 1 is 0.840 bits per heavy atom. The van der Waals surface area contributed by atoms with Gasteiger partial charge in [-0.3, -0.25) is 4.79 Å². The number of pyridine rings is 1. The summed E-state index contributed by atoms with van der Waals surface area (Å²) in [5, 5.41) is 7.50. The zero-order chi connectivity index (χ0) is 34.3. The number of nitrogens with two attached hydrogens (primary N) is 1. The molecular weight excluding hydrogens is 650 g/mol. The third-order valence-electron chi connectivity index (χ3n) is 11.2. The SMILES string of the molecule is CCOCC1CCCN(C[C@@H]2CCCC[C@H]2N)C1.CCOCC1CCCN(C[C@@H]2CCCC[C@H]2NC(=O)c2ccc(-n3cccn3)nc2)C1.Cl. The van der Waals surface area contributed by atoms with Crippen molar-refractivity contribution in [1.29, 1.82) is 0 Å². The average Bonchev–Trinajstić information content (AvgIpc) is 3.68. The molecule has 2 aromatic rings. The molecule has 2 aromatic heterocycles. The van der Waals surface area contributed by atoms with Crippen LogP contribution in [-0.4, -0.2) is 108 Å². The molecule has 2 saturated carbocycles. The van der Waals surface area contributed by atoms with Gasteiger partial charge in [-0.2, -0.15) is 5.10 Å². The summed E-state index contributed by atoms with van der Waals surface area (Å²) in [6, 6.07) is 6.21. The van der Waals surface area contributed by atoms with Crippen molar-refractivity contribution in [2.24, 2.45) is 29.4 Å². The lowest BCUT2D eigenvalue weighted by Crippen LogP contribution is -2.48. The highest BCUT2D eigenvalue weighted by molar-refractivity contribution is 5.94. The van der Waals surface area contributed by atoms with Crippen LogP contribution in [0.15, 0.2) is 36.8 Å². The van der Waals surface area contributed by atoms with Gasteiger partial charge in [0.25, 0.3) is 5.91 Å². The van der Waals surface area contributed by atoms with E-state index in [4.69, 9.17) is 15.2 Å². The quantitative estimate of drug-likeness (QED) is 0.261. The van der Waals surface area contributed by atoms with Crippen molar-refractivity contribution in [1.82, 2.24) is 29.9 Å². The molecule has 4 fully saturated rings. The summed E-state index contributed by atoms with van der Waals surface area (Å²) in [6.45, 7) is 14.7. The second-order valence-electron chi connectivity index (χ2n) is 15.0. The van der Waals surface area contributed by atoms with Gasteiger partial charge in [0.2, 0.25) is 0 Å². The first-order valence-electron chi connectivity index (χ1n) is 19.6. The molecular formula is C39H66ClN7O3. The van der Waals surface area contributed by atoms with Crippen molar-refractivity contribution in [3.05, 3.63) is 42.4 Å². The van der Waals surface area contributed by atoms with Crippen LogP contribution in [0.4, 0.5) is 0 Å². The van der Waals surface area contributed by atoms with E-state index in [0.29, 0.717) is 29.3 Å². The first-order chi connectivity index (χ1) is 24.0. The number of carbonyl (C=O) groups excluding carboxylic acids is 1. The fourth-order valence-electron chi connectivity index (χ4n) is 8.53. The van der Waals surface area contributed by atoms with Gasteiger partial charge in [0.05, 0.1) is 18.8 Å². The summed E-state index contributed by atoms with van der Waals surface area (Å²) in [7, 11) is 0. The number of hydrogen-bond donors (Lipinski definition) is 2. The Balaban J connectivity index is 0.000000253. The summed E-state index contributed by atoms with van der Waals surface area (Å²) < 4.78 is 12.9. The fourth-order valence-corrected chi connectivity index (χ4v) is 8.53. The Morgan fingerprint density at radius 2 is 1.46 bits per heavy atom. The molecule has 50 heavy (non-hydrogen) atoms. The lowest BCUT2D eigenvalue weighted by Gasteiger charge is -2.39. The van der Waals surface area contributed by atoms with E-state index in [0.717, 1.165) is 57.8 Å². The number of ether oxygens (including phenoxy) is 2. The lowest BCUT2D eigenvalue weighted by atomic mass is 9.83. The molecule has 11 heteroatoms. The van der Waals surface area contributed by atoms with Gasteiger partial charge in [0.15, 0.2) is 5.82 Å². The Morgan fingerprint density at radius 3 is 2.04 bits per heavy atom. The predicted molar refractivity (Wildman–Crippen MR) is 203 cm³/mol. The average molecular weight is 716 g/mol. The van der Waals surface area contributed by atoms with Crippen LogP contribution in [-0.2, 0) is 9.47 Å². The van der Waals surface area contributed by atoms with Gasteiger partial charge in [-0.1, -0.05) is 25.7 Å². The van der Waals surface area contributed by atoms with E-state index in [9.17, 15) is 4.79 Å². The summed E-state index contributed by atoms with van der Waals surface area (Å²) in [5.74, 6) is 3.33. The van der Waals surface area contributed by atoms with E-state index in [-0.39, 0.29) is 24.4 Å². The second kappa shape index (κ2) is 22.1. The number of carbonyl (C=O) groups is 1. The van der Waals surface area contributed by atoms with Crippen LogP contribution in [0.1, 0.15) is 101 Å². The van der Waals surface area contributed by atoms with Crippen LogP contribution in [0, 0.1) is 23.7 Å². The smallest absolute Gasteiger partial charge is 0.253 e. The van der Waals surface area contributed by atoms with Gasteiger partial charge in [-0.25, -0.2) is 9.67 Å². The maximum absolute atomic E-state index is 12.9. The lowest BCUT2D eigenvalue weighted by molar-refractivity contribution is 0.0548. The van der Waals surface area contributed by atoms with E-state index in [1.165, 1.54) is 96.8 Å². The number of nitrogens with one attached hydrogen (secondary N) is 1. The molecule has 10 nitrogen and oxygen atoms in total. The molecule has 2 aliphatic heterocycles. The minimum atomic E-state index is -0.0238. The normalized spacial score (nSPS) is 27.8. The molecule has 1 amide bonds. The van der Waals surface area contributed by atoms with Gasteiger partial charge in [0.1, 0.15) is 0 Å². The van der Waals surface area contributed by atoms with Crippen LogP contribution in [0.2, 0.25) is 0 Å². The molecule has 0 aromatic carbocycles. The van der Waals surface area contributed by atoms with Crippen molar-refractivity contribution < 1.29 is 14.3 Å². The standard InChI is InChI=1S/C24H35N5O2.C15H30N2O.ClH/c1-2-31-18-19-7-5-13-28(16-19)17-21-8-3-4-9-22(21)27-24(30)20-10-11-23(25-15-20)29-14-6-12-26-29;1-2-18-12-13-6-5-9-17(10-13)11-14-7-3-4-8-15(14)16;/h6,10-12,14-15,19,21-22H,2-5,7-9,13,16-18H2,1H3,(H,27,30);13-15H,2-12,16H2,1H3;1H/t19?,21-,22+;13?,14-,15+;/m00./s1. The maximum Gasteiger partial charge on any atom is 0.253 e. The van der Waals surface area contributed by atoms with E-state index in [1.54, 1.807) is 17.1 Å². The zero-order valence-electron chi connectivity index (χ0n) is 30.9. The molecule has 2 aliphatic carbocycles. The number of likely N-dealkylation sites (tertiary alicyclic amines) is 2. The Bertz CT molecular complexity index is 1200. The minimum Gasteiger partial charge on any atom is -0.381 e. The maximum atomic E-state index is 12.9. The second-order valence-corrected chi connectivity index (χ2v) is 15.0. The number of aromatic nitrogens is 3. The van der Waals surface area contributed by atoms with Crippen LogP contribution in [0.5, 0.6) is 0 Å². The summed E-state index contributed by atoms with van der Waals surface area (Å²) >= 11 is 0. The molecule has 6 atom stereocenters. The van der Waals surface area contributed by atoms with Crippen molar-refractivity contribution in [3.8, 4) is 5.82 Å². The molecule has 4 aliphatic rings. The predicted octanol–water partition coefficient (Wildman–Crippen LogP) is 5.98. The van der Waals surface area contributed by atoms with E-state index in [1.807, 2.05) is 24.4 Å². The van der Waals surface area contributed by atoms with Gasteiger partial charge in [-0.05, 0) is 120 Å². The molecule has 6 rings (SSSR count). The Labute approximate surface area is 308 Å². The van der Waals surface area contributed by atoms with Crippen LogP contribution in [0.25, 0.3) is 5.82 Å². The minimum absolute atomic E-state index is 0. The monoisotopic (exact) mass is 715 g/mol. The Kier molecular flexibility index (Phi) is 18.0. The Hall–Kier alpha value is -2.08. The number of nitrogens with zero attached hydrogens (tertiary/aromatic N) is 5. The summed E-state index contributed by atoms with van der Waals surface area (Å²) in [4.78, 5) is 22.6. The van der Waals surface area contributed by atoms with E-state index in [2.05, 4.69) is 39.0 Å². The number of rotatable bonds is 13. The van der Waals surface area contributed by atoms with Gasteiger partial charge >= 0.3 is 0 Å². The number of hydrogen-bond acceptors (Lipinski definition) is 8. The third kappa shape index (κ3) is 12.8. The van der Waals surface area contributed by atoms with Crippen molar-refractivity contribution in [2.75, 3.05) is 65.7 Å². The van der Waals surface area contributed by atoms with E-state index >= 15 is 0 Å². The third-order valence-corrected chi connectivity index (χ3v) is 11.2. The molecule has 3 N–H and O–H groups in total. The topological polar surface area (TPSA) is 111 Å². The zero-order valence-corrected chi connectivity index (χ0v) is 31.7. The largest absolute Gasteiger partial charge is 0.381 e. The molecule has 0 spiro atoms. The molecule has 2 saturated heterocycles. The van der Waals surface area contributed by atoms with E-state index < -0.39 is 0 Å². The highest BCUT2D eigenvalue weighted by Gasteiger charge is 2.31. The number of amides is 1. The van der Waals surface area contributed by atoms with Gasteiger partial charge in [0, 0.05) is 70.1 Å².